The predicted octanol–water partition coefficient (Wildman–Crippen LogP) is 3.38. The van der Waals surface area contributed by atoms with Crippen molar-refractivity contribution in [1.29, 1.82) is 0 Å². The minimum Gasteiger partial charge on any atom is -0.488 e. The van der Waals surface area contributed by atoms with Crippen molar-refractivity contribution < 1.29 is 22.8 Å². The molecule has 0 bridgehead atoms. The third-order valence-corrected chi connectivity index (χ3v) is 5.41. The third kappa shape index (κ3) is 7.94. The Morgan fingerprint density at radius 1 is 1.05 bits per heavy atom. The van der Waals surface area contributed by atoms with Crippen molar-refractivity contribution in [3.05, 3.63) is 37.0 Å². The van der Waals surface area contributed by atoms with Crippen molar-refractivity contribution in [2.45, 2.75) is 39.3 Å². The highest BCUT2D eigenvalue weighted by molar-refractivity contribution is 6.61. The quantitative estimate of drug-likeness (QED) is 0.239. The summed E-state index contributed by atoms with van der Waals surface area (Å²) in [6.07, 6.45) is 1.03. The van der Waals surface area contributed by atoms with E-state index in [9.17, 15) is 0 Å². The highest BCUT2D eigenvalue weighted by Crippen LogP contribution is 2.25. The van der Waals surface area contributed by atoms with Gasteiger partial charge >= 0.3 is 8.80 Å². The summed E-state index contributed by atoms with van der Waals surface area (Å²) in [4.78, 5) is 0. The van der Waals surface area contributed by atoms with Crippen LogP contribution < -0.4 is 0 Å². The average molecular weight is 314 g/mol. The molecule has 0 spiro atoms. The lowest BCUT2D eigenvalue weighted by Gasteiger charge is -2.30. The van der Waals surface area contributed by atoms with Crippen LogP contribution in [-0.2, 0) is 22.8 Å². The van der Waals surface area contributed by atoms with E-state index in [1.54, 1.807) is 20.8 Å². The lowest BCUT2D eigenvalue weighted by atomic mass is 10.5. The first-order valence-corrected chi connectivity index (χ1v) is 8.99. The Hall–Kier alpha value is -1.24. The van der Waals surface area contributed by atoms with Gasteiger partial charge in [0, 0.05) is 6.61 Å². The molecule has 0 N–H and O–H groups in total. The Labute approximate surface area is 128 Å². The monoisotopic (exact) mass is 314 g/mol. The van der Waals surface area contributed by atoms with Gasteiger partial charge < -0.3 is 22.8 Å². The van der Waals surface area contributed by atoms with E-state index in [1.165, 1.54) is 0 Å². The molecule has 1 heterocycles. The molecule has 0 radical (unpaired) electrons. The predicted molar refractivity (Wildman–Crippen MR) is 83.4 cm³/mol. The summed E-state index contributed by atoms with van der Waals surface area (Å²) in [5, 5.41) is 0. The Morgan fingerprint density at radius 3 is 1.90 bits per heavy atom. The van der Waals surface area contributed by atoms with Gasteiger partial charge in [0.05, 0.1) is 36.5 Å². The maximum absolute atomic E-state index is 5.80. The zero-order chi connectivity index (χ0) is 15.9. The fourth-order valence-electron chi connectivity index (χ4n) is 1.78. The zero-order valence-electron chi connectivity index (χ0n) is 13.3. The van der Waals surface area contributed by atoms with Gasteiger partial charge in [-0.3, -0.25) is 0 Å². The van der Waals surface area contributed by atoms with E-state index in [0.717, 1.165) is 13.0 Å². The van der Waals surface area contributed by atoms with Crippen LogP contribution in [-0.4, -0.2) is 34.7 Å². The molecule has 1 aliphatic heterocycles. The first kappa shape index (κ1) is 17.8. The van der Waals surface area contributed by atoms with Crippen molar-refractivity contribution in [3.8, 4) is 0 Å². The third-order valence-electron chi connectivity index (χ3n) is 2.47. The first-order chi connectivity index (χ1) is 9.83. The topological polar surface area (TPSA) is 49.5 Å². The fourth-order valence-corrected chi connectivity index (χ4v) is 4.38. The maximum atomic E-state index is 5.80. The molecule has 21 heavy (non-hydrogen) atoms. The van der Waals surface area contributed by atoms with E-state index in [4.69, 9.17) is 22.8 Å². The van der Waals surface area contributed by atoms with Crippen molar-refractivity contribution >= 4 is 8.80 Å². The van der Waals surface area contributed by atoms with Crippen molar-refractivity contribution in [1.82, 2.24) is 0 Å². The lowest BCUT2D eigenvalue weighted by molar-refractivity contribution is 0.106. The lowest BCUT2D eigenvalue weighted by Crippen LogP contribution is -2.44. The maximum Gasteiger partial charge on any atom is 0.698 e. The van der Waals surface area contributed by atoms with Crippen LogP contribution in [0.5, 0.6) is 0 Å². The highest BCUT2D eigenvalue weighted by atomic mass is 28.4. The Balaban J connectivity index is 2.54. The fraction of sp³-hybridized carbons (Fsp3) is 0.600. The number of rotatable bonds is 12. The summed E-state index contributed by atoms with van der Waals surface area (Å²) >= 11 is 0. The van der Waals surface area contributed by atoms with Gasteiger partial charge in [-0.15, -0.1) is 0 Å². The molecule has 0 aliphatic carbocycles. The van der Waals surface area contributed by atoms with Gasteiger partial charge in [-0.1, -0.05) is 19.7 Å². The highest BCUT2D eigenvalue weighted by Gasteiger charge is 2.48. The standard InChI is InChI=1S/C15H26O5Si/c1-12(2)18-21(19-13(3)4,20-14(5)6)9-7-8-16-10-15-11-17-15/h15H,1,3,5,7-11H2,2,4,6H3. The molecule has 0 aromatic carbocycles. The zero-order valence-corrected chi connectivity index (χ0v) is 14.3. The second-order valence-electron chi connectivity index (χ2n) is 5.23. The van der Waals surface area contributed by atoms with Gasteiger partial charge in [0.15, 0.2) is 0 Å². The number of allylic oxidation sites excluding steroid dienone is 3. The van der Waals surface area contributed by atoms with Gasteiger partial charge in [-0.05, 0) is 27.2 Å². The van der Waals surface area contributed by atoms with Crippen LogP contribution in [0.4, 0.5) is 0 Å². The molecule has 120 valence electrons. The molecule has 0 amide bonds. The van der Waals surface area contributed by atoms with Gasteiger partial charge in [0.2, 0.25) is 0 Å². The second kappa shape index (κ2) is 8.26. The Bertz CT molecular complexity index is 349. The molecule has 1 saturated heterocycles. The SMILES string of the molecule is C=C(C)O[Si](CCCOCC1CO1)(OC(=C)C)OC(=C)C. The minimum atomic E-state index is -2.96. The molecule has 5 nitrogen and oxygen atoms in total. The second-order valence-corrected chi connectivity index (χ2v) is 7.71. The largest absolute Gasteiger partial charge is 0.698 e. The molecule has 1 rings (SSSR count). The van der Waals surface area contributed by atoms with Crippen LogP contribution in [0.1, 0.15) is 27.2 Å². The molecule has 6 heteroatoms. The summed E-state index contributed by atoms with van der Waals surface area (Å²) in [5.74, 6) is 1.66. The van der Waals surface area contributed by atoms with Crippen LogP contribution in [0.2, 0.25) is 6.04 Å². The molecule has 1 atom stereocenters. The minimum absolute atomic E-state index is 0.275. The summed E-state index contributed by atoms with van der Waals surface area (Å²) in [6, 6.07) is 0.602. The first-order valence-electron chi connectivity index (χ1n) is 7.06. The van der Waals surface area contributed by atoms with E-state index in [0.29, 0.717) is 36.5 Å². The molecular weight excluding hydrogens is 288 g/mol. The molecule has 1 fully saturated rings. The van der Waals surface area contributed by atoms with Crippen LogP contribution in [0, 0.1) is 0 Å². The smallest absolute Gasteiger partial charge is 0.488 e. The van der Waals surface area contributed by atoms with Crippen LogP contribution in [0.15, 0.2) is 37.0 Å². The summed E-state index contributed by atoms with van der Waals surface area (Å²) in [7, 11) is -2.96. The van der Waals surface area contributed by atoms with E-state index >= 15 is 0 Å². The van der Waals surface area contributed by atoms with Gasteiger partial charge in [0.1, 0.15) is 6.10 Å². The number of hydrogen-bond acceptors (Lipinski definition) is 5. The Kier molecular flexibility index (Phi) is 7.00. The van der Waals surface area contributed by atoms with Crippen LogP contribution in [0.25, 0.3) is 0 Å². The molecule has 1 unspecified atom stereocenters. The van der Waals surface area contributed by atoms with Gasteiger partial charge in [-0.25, -0.2) is 0 Å². The van der Waals surface area contributed by atoms with Crippen LogP contribution in [0.3, 0.4) is 0 Å². The normalized spacial score (nSPS) is 17.0. The molecule has 1 aliphatic rings. The van der Waals surface area contributed by atoms with E-state index in [1.807, 2.05) is 0 Å². The van der Waals surface area contributed by atoms with Crippen LogP contribution >= 0.6 is 0 Å². The number of hydrogen-bond donors (Lipinski definition) is 0. The molecular formula is C15H26O5Si. The van der Waals surface area contributed by atoms with Gasteiger partial charge in [0.25, 0.3) is 0 Å². The van der Waals surface area contributed by atoms with Gasteiger partial charge in [-0.2, -0.15) is 0 Å². The van der Waals surface area contributed by atoms with Crippen molar-refractivity contribution in [2.75, 3.05) is 19.8 Å². The summed E-state index contributed by atoms with van der Waals surface area (Å²) < 4.78 is 28.0. The van der Waals surface area contributed by atoms with E-state index < -0.39 is 8.80 Å². The van der Waals surface area contributed by atoms with E-state index in [-0.39, 0.29) is 6.10 Å². The van der Waals surface area contributed by atoms with Crippen molar-refractivity contribution in [3.63, 3.8) is 0 Å². The number of epoxide rings is 1. The average Bonchev–Trinajstić information content (AvgIpc) is 3.09. The molecule has 0 aromatic heterocycles. The summed E-state index contributed by atoms with van der Waals surface area (Å²) in [6.45, 7) is 18.7. The number of ether oxygens (including phenoxy) is 2. The summed E-state index contributed by atoms with van der Waals surface area (Å²) in [5.41, 5.74) is 0. The Morgan fingerprint density at radius 2 is 1.52 bits per heavy atom. The molecule has 0 saturated carbocycles. The van der Waals surface area contributed by atoms with E-state index in [2.05, 4.69) is 19.7 Å². The molecule has 0 aromatic rings. The van der Waals surface area contributed by atoms with Crippen molar-refractivity contribution in [2.24, 2.45) is 0 Å².